The van der Waals surface area contributed by atoms with Gasteiger partial charge in [-0.05, 0) is 49.6 Å². The number of rotatable bonds is 8. The summed E-state index contributed by atoms with van der Waals surface area (Å²) in [6.45, 7) is 3.80. The molecule has 0 fully saturated rings. The van der Waals surface area contributed by atoms with Crippen LogP contribution in [0.1, 0.15) is 32.3 Å². The molecule has 152 valence electrons. The molecule has 0 atom stereocenters. The topological polar surface area (TPSA) is 71.2 Å². The number of benzene rings is 2. The van der Waals surface area contributed by atoms with Gasteiger partial charge in [0.2, 0.25) is 5.91 Å². The van der Waals surface area contributed by atoms with Crippen LogP contribution >= 0.6 is 0 Å². The van der Waals surface area contributed by atoms with Crippen molar-refractivity contribution in [3.63, 3.8) is 0 Å². The number of hydrogen-bond acceptors (Lipinski definition) is 3. The molecular weight excluding hydrogens is 371 g/mol. The molecule has 29 heavy (non-hydrogen) atoms. The van der Waals surface area contributed by atoms with Gasteiger partial charge in [0.1, 0.15) is 5.82 Å². The molecule has 0 aliphatic heterocycles. The summed E-state index contributed by atoms with van der Waals surface area (Å²) < 4.78 is 18.9. The molecule has 1 amide bonds. The zero-order valence-corrected chi connectivity index (χ0v) is 16.6. The Morgan fingerprint density at radius 1 is 1.10 bits per heavy atom. The van der Waals surface area contributed by atoms with E-state index in [1.807, 2.05) is 30.3 Å². The summed E-state index contributed by atoms with van der Waals surface area (Å²) >= 11 is 0. The molecule has 0 radical (unpaired) electrons. The Kier molecular flexibility index (Phi) is 6.65. The fraction of sp³-hybridized carbons (Fsp3) is 0.304. The van der Waals surface area contributed by atoms with E-state index in [1.165, 1.54) is 12.1 Å². The van der Waals surface area contributed by atoms with Gasteiger partial charge in [-0.2, -0.15) is 0 Å². The molecule has 1 heterocycles. The summed E-state index contributed by atoms with van der Waals surface area (Å²) in [7, 11) is 0. The largest absolute Gasteiger partial charge is 0.463 e. The van der Waals surface area contributed by atoms with Gasteiger partial charge in [0.05, 0.1) is 12.5 Å². The molecule has 5 nitrogen and oxygen atoms in total. The number of hydrogen-bond donors (Lipinski definition) is 2. The van der Waals surface area contributed by atoms with Gasteiger partial charge in [-0.3, -0.25) is 9.59 Å². The normalized spacial score (nSPS) is 11.0. The SMILES string of the molecule is CC(C)OC(=O)CCNC(=O)CCc1c(-c2ccccc2)[nH]c2ccc(F)cc12. The highest BCUT2D eigenvalue weighted by molar-refractivity contribution is 5.91. The number of nitrogens with one attached hydrogen (secondary N) is 2. The zero-order valence-electron chi connectivity index (χ0n) is 16.6. The lowest BCUT2D eigenvalue weighted by atomic mass is 10.0. The van der Waals surface area contributed by atoms with Gasteiger partial charge in [0.15, 0.2) is 0 Å². The van der Waals surface area contributed by atoms with Crippen LogP contribution in [0.5, 0.6) is 0 Å². The quantitative estimate of drug-likeness (QED) is 0.556. The lowest BCUT2D eigenvalue weighted by Gasteiger charge is -2.09. The van der Waals surface area contributed by atoms with E-state index in [0.717, 1.165) is 27.7 Å². The van der Waals surface area contributed by atoms with E-state index < -0.39 is 0 Å². The van der Waals surface area contributed by atoms with Crippen molar-refractivity contribution in [2.45, 2.75) is 39.2 Å². The molecule has 0 aliphatic rings. The van der Waals surface area contributed by atoms with E-state index in [4.69, 9.17) is 4.74 Å². The molecule has 0 bridgehead atoms. The zero-order chi connectivity index (χ0) is 20.8. The standard InChI is InChI=1S/C23H25FN2O3/c1-15(2)29-22(28)12-13-25-21(27)11-9-18-19-14-17(24)8-10-20(19)26-23(18)16-6-4-3-5-7-16/h3-8,10,14-15,26H,9,11-13H2,1-2H3,(H,25,27). The number of fused-ring (bicyclic) bond motifs is 1. The number of aryl methyl sites for hydroxylation is 1. The van der Waals surface area contributed by atoms with Crippen LogP contribution in [0.3, 0.4) is 0 Å². The maximum absolute atomic E-state index is 13.8. The number of amides is 1. The predicted octanol–water partition coefficient (Wildman–Crippen LogP) is 4.36. The Balaban J connectivity index is 1.70. The molecule has 2 aromatic carbocycles. The Bertz CT molecular complexity index is 996. The summed E-state index contributed by atoms with van der Waals surface area (Å²) in [5.74, 6) is -0.809. The van der Waals surface area contributed by atoms with E-state index in [-0.39, 0.29) is 43.2 Å². The van der Waals surface area contributed by atoms with Crippen LogP contribution in [0.4, 0.5) is 4.39 Å². The number of ether oxygens (including phenoxy) is 1. The van der Waals surface area contributed by atoms with Gasteiger partial charge in [-0.25, -0.2) is 4.39 Å². The first-order valence-electron chi connectivity index (χ1n) is 9.75. The minimum absolute atomic E-state index is 0.136. The highest BCUT2D eigenvalue weighted by atomic mass is 19.1. The Hall–Kier alpha value is -3.15. The number of aromatic amines is 1. The predicted molar refractivity (Wildman–Crippen MR) is 111 cm³/mol. The van der Waals surface area contributed by atoms with Crippen molar-refractivity contribution in [3.05, 3.63) is 59.9 Å². The number of carbonyl (C=O) groups is 2. The highest BCUT2D eigenvalue weighted by Crippen LogP contribution is 2.31. The molecule has 0 saturated heterocycles. The molecule has 3 aromatic rings. The van der Waals surface area contributed by atoms with Crippen LogP contribution in [-0.2, 0) is 20.7 Å². The van der Waals surface area contributed by atoms with Gasteiger partial charge in [-0.15, -0.1) is 0 Å². The number of halogens is 1. The van der Waals surface area contributed by atoms with E-state index >= 15 is 0 Å². The second-order valence-electron chi connectivity index (χ2n) is 7.17. The van der Waals surface area contributed by atoms with Crippen LogP contribution < -0.4 is 5.32 Å². The minimum atomic E-state index is -0.334. The first kappa shape index (κ1) is 20.6. The third-order valence-electron chi connectivity index (χ3n) is 4.55. The second-order valence-corrected chi connectivity index (χ2v) is 7.17. The molecule has 6 heteroatoms. The van der Waals surface area contributed by atoms with E-state index in [1.54, 1.807) is 19.9 Å². The third kappa shape index (κ3) is 5.44. The van der Waals surface area contributed by atoms with Crippen LogP contribution in [0.25, 0.3) is 22.2 Å². The van der Waals surface area contributed by atoms with E-state index in [9.17, 15) is 14.0 Å². The number of aromatic nitrogens is 1. The monoisotopic (exact) mass is 396 g/mol. The van der Waals surface area contributed by atoms with Crippen LogP contribution in [0.2, 0.25) is 0 Å². The van der Waals surface area contributed by atoms with Crippen molar-refractivity contribution in [1.29, 1.82) is 0 Å². The van der Waals surface area contributed by atoms with Crippen molar-refractivity contribution < 1.29 is 18.7 Å². The summed E-state index contributed by atoms with van der Waals surface area (Å²) in [6, 6.07) is 14.4. The lowest BCUT2D eigenvalue weighted by molar-refractivity contribution is -0.147. The fourth-order valence-electron chi connectivity index (χ4n) is 3.28. The maximum Gasteiger partial charge on any atom is 0.307 e. The van der Waals surface area contributed by atoms with E-state index in [0.29, 0.717) is 6.42 Å². The first-order valence-corrected chi connectivity index (χ1v) is 9.75. The number of H-pyrrole nitrogens is 1. The van der Waals surface area contributed by atoms with Gasteiger partial charge in [0.25, 0.3) is 0 Å². The van der Waals surface area contributed by atoms with Gasteiger partial charge in [-0.1, -0.05) is 30.3 Å². The van der Waals surface area contributed by atoms with E-state index in [2.05, 4.69) is 10.3 Å². The molecule has 0 saturated carbocycles. The summed E-state index contributed by atoms with van der Waals surface area (Å²) in [5.41, 5.74) is 3.60. The smallest absolute Gasteiger partial charge is 0.307 e. The van der Waals surface area contributed by atoms with Gasteiger partial charge < -0.3 is 15.0 Å². The highest BCUT2D eigenvalue weighted by Gasteiger charge is 2.15. The number of carbonyl (C=O) groups excluding carboxylic acids is 2. The van der Waals surface area contributed by atoms with Crippen molar-refractivity contribution >= 4 is 22.8 Å². The van der Waals surface area contributed by atoms with Gasteiger partial charge in [0, 0.05) is 29.6 Å². The maximum atomic E-state index is 13.8. The molecule has 3 rings (SSSR count). The fourth-order valence-corrected chi connectivity index (χ4v) is 3.28. The average Bonchev–Trinajstić information content (AvgIpc) is 3.04. The minimum Gasteiger partial charge on any atom is -0.463 e. The molecule has 0 spiro atoms. The summed E-state index contributed by atoms with van der Waals surface area (Å²) in [6.07, 6.45) is 0.660. The van der Waals surface area contributed by atoms with Crippen molar-refractivity contribution in [3.8, 4) is 11.3 Å². The molecular formula is C23H25FN2O3. The Morgan fingerprint density at radius 2 is 1.86 bits per heavy atom. The molecule has 0 unspecified atom stereocenters. The molecule has 1 aromatic heterocycles. The van der Waals surface area contributed by atoms with Crippen molar-refractivity contribution in [2.24, 2.45) is 0 Å². The first-order chi connectivity index (χ1) is 13.9. The Morgan fingerprint density at radius 3 is 2.59 bits per heavy atom. The summed E-state index contributed by atoms with van der Waals surface area (Å²) in [5, 5.41) is 3.52. The number of esters is 1. The lowest BCUT2D eigenvalue weighted by Crippen LogP contribution is -2.27. The second kappa shape index (κ2) is 9.37. The van der Waals surface area contributed by atoms with Crippen molar-refractivity contribution in [1.82, 2.24) is 10.3 Å². The van der Waals surface area contributed by atoms with Crippen LogP contribution in [0.15, 0.2) is 48.5 Å². The average molecular weight is 396 g/mol. The Labute approximate surface area is 169 Å². The van der Waals surface area contributed by atoms with Crippen molar-refractivity contribution in [2.75, 3.05) is 6.54 Å². The van der Waals surface area contributed by atoms with Gasteiger partial charge >= 0.3 is 5.97 Å². The van der Waals surface area contributed by atoms with Crippen LogP contribution in [0, 0.1) is 5.82 Å². The third-order valence-corrected chi connectivity index (χ3v) is 4.55. The summed E-state index contributed by atoms with van der Waals surface area (Å²) in [4.78, 5) is 27.1. The van der Waals surface area contributed by atoms with Crippen LogP contribution in [-0.4, -0.2) is 29.5 Å². The molecule has 0 aliphatic carbocycles. The molecule has 2 N–H and O–H groups in total.